The molecule has 0 bridgehead atoms. The lowest BCUT2D eigenvalue weighted by Crippen LogP contribution is -2.25. The van der Waals surface area contributed by atoms with Gasteiger partial charge in [-0.3, -0.25) is 0 Å². The van der Waals surface area contributed by atoms with Crippen LogP contribution >= 0.6 is 0 Å². The Morgan fingerprint density at radius 2 is 1.68 bits per heavy atom. The highest BCUT2D eigenvalue weighted by Crippen LogP contribution is 2.16. The Morgan fingerprint density at radius 3 is 2.40 bits per heavy atom. The Morgan fingerprint density at radius 1 is 1.00 bits per heavy atom. The first-order valence-electron chi connectivity index (χ1n) is 7.94. The van der Waals surface area contributed by atoms with Crippen LogP contribution in [-0.2, 0) is 9.84 Å². The lowest BCUT2D eigenvalue weighted by molar-refractivity contribution is 0.0692. The summed E-state index contributed by atoms with van der Waals surface area (Å²) in [6, 6.07) is 15.1. The van der Waals surface area contributed by atoms with E-state index in [1.807, 2.05) is 30.3 Å². The van der Waals surface area contributed by atoms with Crippen molar-refractivity contribution in [3.63, 3.8) is 0 Å². The smallest absolute Gasteiger partial charge is 0.337 e. The summed E-state index contributed by atoms with van der Waals surface area (Å²) in [5.74, 6) is -0.600. The molecule has 0 aliphatic carbocycles. The number of benzene rings is 2. The van der Waals surface area contributed by atoms with Gasteiger partial charge in [-0.25, -0.2) is 13.2 Å². The van der Waals surface area contributed by atoms with Crippen molar-refractivity contribution in [2.45, 2.75) is 11.3 Å². The number of nitrogens with one attached hydrogen (secondary N) is 1. The zero-order valence-electron chi connectivity index (χ0n) is 13.7. The van der Waals surface area contributed by atoms with Gasteiger partial charge in [-0.2, -0.15) is 0 Å². The molecule has 2 rings (SSSR count). The number of sulfone groups is 1. The molecule has 2 aromatic carbocycles. The Hall–Kier alpha value is -2.38. The van der Waals surface area contributed by atoms with Crippen LogP contribution in [0.4, 0.5) is 0 Å². The number of hydrogen-bond acceptors (Lipinski definition) is 5. The molecule has 0 saturated heterocycles. The first-order valence-corrected chi connectivity index (χ1v) is 9.59. The van der Waals surface area contributed by atoms with Crippen molar-refractivity contribution in [1.29, 1.82) is 0 Å². The number of para-hydroxylation sites is 1. The number of ether oxygens (including phenoxy) is 1. The molecule has 0 aliphatic rings. The molecule has 0 radical (unpaired) electrons. The monoisotopic (exact) mass is 363 g/mol. The van der Waals surface area contributed by atoms with Gasteiger partial charge in [0.25, 0.3) is 0 Å². The third kappa shape index (κ3) is 5.88. The quantitative estimate of drug-likeness (QED) is 0.629. The number of carboxylic acids is 1. The van der Waals surface area contributed by atoms with Gasteiger partial charge in [0.15, 0.2) is 9.84 Å². The number of rotatable bonds is 10. The third-order valence-corrected chi connectivity index (χ3v) is 5.28. The summed E-state index contributed by atoms with van der Waals surface area (Å²) in [6.07, 6.45) is 0.737. The van der Waals surface area contributed by atoms with Gasteiger partial charge in [-0.15, -0.1) is 0 Å². The van der Waals surface area contributed by atoms with E-state index in [4.69, 9.17) is 9.84 Å². The Kier molecular flexibility index (Phi) is 6.97. The minimum Gasteiger partial charge on any atom is -0.494 e. The molecule has 0 amide bonds. The maximum Gasteiger partial charge on any atom is 0.337 e. The van der Waals surface area contributed by atoms with Gasteiger partial charge in [-0.05, 0) is 37.2 Å². The predicted molar refractivity (Wildman–Crippen MR) is 94.9 cm³/mol. The standard InChI is InChI=1S/C18H21NO5S/c20-18(21)16-9-4-5-10-17(16)25(22,23)14-12-19-11-6-13-24-15-7-2-1-3-8-15/h1-5,7-10,19H,6,11-14H2,(H,20,21). The minimum absolute atomic E-state index is 0.142. The summed E-state index contributed by atoms with van der Waals surface area (Å²) >= 11 is 0. The summed E-state index contributed by atoms with van der Waals surface area (Å²) in [6.45, 7) is 1.40. The van der Waals surface area contributed by atoms with E-state index in [0.717, 1.165) is 12.2 Å². The number of carbonyl (C=O) groups is 1. The topological polar surface area (TPSA) is 92.7 Å². The maximum absolute atomic E-state index is 12.3. The molecule has 2 aromatic rings. The molecule has 134 valence electrons. The summed E-state index contributed by atoms with van der Waals surface area (Å²) in [5, 5.41) is 12.1. The minimum atomic E-state index is -3.65. The summed E-state index contributed by atoms with van der Waals surface area (Å²) in [7, 11) is -3.65. The molecule has 2 N–H and O–H groups in total. The van der Waals surface area contributed by atoms with Gasteiger partial charge in [0, 0.05) is 6.54 Å². The molecule has 0 aromatic heterocycles. The fraction of sp³-hybridized carbons (Fsp3) is 0.278. The first kappa shape index (κ1) is 19.0. The largest absolute Gasteiger partial charge is 0.494 e. The third-order valence-electron chi connectivity index (χ3n) is 3.51. The number of aromatic carboxylic acids is 1. The average Bonchev–Trinajstić information content (AvgIpc) is 2.61. The highest BCUT2D eigenvalue weighted by atomic mass is 32.2. The molecule has 6 nitrogen and oxygen atoms in total. The van der Waals surface area contributed by atoms with Gasteiger partial charge in [-0.1, -0.05) is 30.3 Å². The lowest BCUT2D eigenvalue weighted by atomic mass is 10.2. The molecular formula is C18H21NO5S. The van der Waals surface area contributed by atoms with Crippen molar-refractivity contribution in [2.75, 3.05) is 25.4 Å². The van der Waals surface area contributed by atoms with Gasteiger partial charge in [0.2, 0.25) is 0 Å². The maximum atomic E-state index is 12.3. The van der Waals surface area contributed by atoms with E-state index in [0.29, 0.717) is 13.2 Å². The Balaban J connectivity index is 1.73. The summed E-state index contributed by atoms with van der Waals surface area (Å²) in [5.41, 5.74) is -0.196. The Bertz CT molecular complexity index is 790. The molecular weight excluding hydrogens is 342 g/mol. The lowest BCUT2D eigenvalue weighted by Gasteiger charge is -2.09. The van der Waals surface area contributed by atoms with Gasteiger partial charge < -0.3 is 15.2 Å². The van der Waals surface area contributed by atoms with Crippen LogP contribution in [0.15, 0.2) is 59.5 Å². The molecule has 0 saturated carbocycles. The van der Waals surface area contributed by atoms with Crippen LogP contribution in [0.1, 0.15) is 16.8 Å². The van der Waals surface area contributed by atoms with Crippen molar-refractivity contribution >= 4 is 15.8 Å². The highest BCUT2D eigenvalue weighted by molar-refractivity contribution is 7.91. The van der Waals surface area contributed by atoms with Gasteiger partial charge >= 0.3 is 5.97 Å². The number of hydrogen-bond donors (Lipinski definition) is 2. The van der Waals surface area contributed by atoms with E-state index in [1.165, 1.54) is 24.3 Å². The van der Waals surface area contributed by atoms with Crippen LogP contribution in [-0.4, -0.2) is 44.9 Å². The Labute approximate surface area is 147 Å². The van der Waals surface area contributed by atoms with Crippen LogP contribution < -0.4 is 10.1 Å². The second-order valence-electron chi connectivity index (χ2n) is 5.39. The molecule has 0 spiro atoms. The number of carboxylic acid groups (broad SMARTS) is 1. The zero-order valence-corrected chi connectivity index (χ0v) is 14.5. The van der Waals surface area contributed by atoms with E-state index in [1.54, 1.807) is 0 Å². The van der Waals surface area contributed by atoms with Crippen molar-refractivity contribution in [2.24, 2.45) is 0 Å². The second-order valence-corrected chi connectivity index (χ2v) is 7.46. The van der Waals surface area contributed by atoms with Crippen molar-refractivity contribution in [3.8, 4) is 5.75 Å². The van der Waals surface area contributed by atoms with E-state index in [-0.39, 0.29) is 22.8 Å². The average molecular weight is 363 g/mol. The molecule has 0 heterocycles. The van der Waals surface area contributed by atoms with E-state index in [2.05, 4.69) is 5.32 Å². The molecule has 0 fully saturated rings. The zero-order chi connectivity index (χ0) is 18.1. The van der Waals surface area contributed by atoms with Crippen LogP contribution in [0.5, 0.6) is 5.75 Å². The van der Waals surface area contributed by atoms with E-state index in [9.17, 15) is 13.2 Å². The fourth-order valence-corrected chi connectivity index (χ4v) is 3.67. The molecule has 0 unspecified atom stereocenters. The van der Waals surface area contributed by atoms with Crippen molar-refractivity contribution in [3.05, 3.63) is 60.2 Å². The summed E-state index contributed by atoms with van der Waals surface area (Å²) in [4.78, 5) is 11.0. The molecule has 0 aliphatic heterocycles. The van der Waals surface area contributed by atoms with Crippen LogP contribution in [0.3, 0.4) is 0 Å². The van der Waals surface area contributed by atoms with Gasteiger partial charge in [0.05, 0.1) is 22.8 Å². The highest BCUT2D eigenvalue weighted by Gasteiger charge is 2.21. The normalized spacial score (nSPS) is 11.2. The first-order chi connectivity index (χ1) is 12.0. The molecule has 0 atom stereocenters. The van der Waals surface area contributed by atoms with E-state index >= 15 is 0 Å². The SMILES string of the molecule is O=C(O)c1ccccc1S(=O)(=O)CCNCCCOc1ccccc1. The van der Waals surface area contributed by atoms with Crippen LogP contribution in [0, 0.1) is 0 Å². The predicted octanol–water partition coefficient (Wildman–Crippen LogP) is 2.22. The summed E-state index contributed by atoms with van der Waals surface area (Å²) < 4.78 is 30.1. The fourth-order valence-electron chi connectivity index (χ4n) is 2.26. The van der Waals surface area contributed by atoms with Crippen molar-refractivity contribution < 1.29 is 23.1 Å². The van der Waals surface area contributed by atoms with Crippen molar-refractivity contribution in [1.82, 2.24) is 5.32 Å². The second kappa shape index (κ2) is 9.19. The van der Waals surface area contributed by atoms with Crippen LogP contribution in [0.2, 0.25) is 0 Å². The van der Waals surface area contributed by atoms with Crippen LogP contribution in [0.25, 0.3) is 0 Å². The molecule has 7 heteroatoms. The molecule has 25 heavy (non-hydrogen) atoms. The van der Waals surface area contributed by atoms with Gasteiger partial charge in [0.1, 0.15) is 5.75 Å². The van der Waals surface area contributed by atoms with E-state index < -0.39 is 15.8 Å².